The number of pyridine rings is 1. The molecule has 8 heteroatoms. The monoisotopic (exact) mass is 508 g/mol. The molecule has 0 bridgehead atoms. The number of carbonyl (C=O) groups excluding carboxylic acids is 2. The van der Waals surface area contributed by atoms with Gasteiger partial charge in [0.2, 0.25) is 0 Å². The minimum Gasteiger partial charge on any atom is -0.430 e. The summed E-state index contributed by atoms with van der Waals surface area (Å²) in [6.07, 6.45) is 9.06. The lowest BCUT2D eigenvalue weighted by Gasteiger charge is -2.59. The molecule has 4 aliphatic rings. The van der Waals surface area contributed by atoms with Crippen LogP contribution < -0.4 is 0 Å². The van der Waals surface area contributed by atoms with E-state index in [9.17, 15) is 19.8 Å². The lowest BCUT2D eigenvalue weighted by molar-refractivity contribution is -0.179. The number of aromatic nitrogens is 2. The first-order valence-electron chi connectivity index (χ1n) is 12.8. The van der Waals surface area contributed by atoms with E-state index in [0.29, 0.717) is 22.9 Å². The third-order valence-electron chi connectivity index (χ3n) is 9.97. The SMILES string of the molecule is C[C@@H]1CC2C3CCC4=CC(=O)C=CC4(C)C3C(O)CC2(C)[C@@]1(O)C(=O)CSc1nc2ncccc2o1. The molecule has 0 radical (unpaired) electrons. The number of fused-ring (bicyclic) bond motifs is 6. The molecule has 3 saturated carbocycles. The molecule has 2 aromatic rings. The van der Waals surface area contributed by atoms with Crippen molar-refractivity contribution in [3.63, 3.8) is 0 Å². The van der Waals surface area contributed by atoms with Gasteiger partial charge < -0.3 is 14.6 Å². The van der Waals surface area contributed by atoms with Crippen molar-refractivity contribution in [2.24, 2.45) is 34.5 Å². The van der Waals surface area contributed by atoms with E-state index in [1.54, 1.807) is 30.5 Å². The zero-order chi connectivity index (χ0) is 25.5. The molecule has 0 aromatic carbocycles. The number of carbonyl (C=O) groups is 2. The molecule has 0 saturated heterocycles. The molecule has 6 rings (SSSR count). The van der Waals surface area contributed by atoms with Crippen LogP contribution in [0.2, 0.25) is 0 Å². The first-order chi connectivity index (χ1) is 17.1. The second-order valence-corrected chi connectivity index (χ2v) is 12.6. The molecule has 0 amide bonds. The number of allylic oxidation sites excluding steroid dienone is 4. The van der Waals surface area contributed by atoms with Gasteiger partial charge in [0, 0.05) is 22.9 Å². The number of oxazole rings is 1. The molecule has 2 heterocycles. The summed E-state index contributed by atoms with van der Waals surface area (Å²) in [5.41, 5.74) is -0.503. The number of hydrogen-bond donors (Lipinski definition) is 2. The predicted octanol–water partition coefficient (Wildman–Crippen LogP) is 4.14. The van der Waals surface area contributed by atoms with E-state index in [1.807, 2.05) is 19.9 Å². The molecule has 2 aromatic heterocycles. The molecule has 6 unspecified atom stereocenters. The molecular weight excluding hydrogens is 476 g/mol. The molecule has 4 aliphatic carbocycles. The van der Waals surface area contributed by atoms with Crippen molar-refractivity contribution in [3.05, 3.63) is 42.1 Å². The Morgan fingerprint density at radius 1 is 1.33 bits per heavy atom. The highest BCUT2D eigenvalue weighted by molar-refractivity contribution is 7.99. The number of ketones is 2. The van der Waals surface area contributed by atoms with Gasteiger partial charge in [0.15, 0.2) is 22.8 Å². The van der Waals surface area contributed by atoms with Crippen LogP contribution in [0.1, 0.15) is 46.5 Å². The number of thioether (sulfide) groups is 1. The summed E-state index contributed by atoms with van der Waals surface area (Å²) in [6.45, 7) is 6.10. The number of aliphatic hydroxyl groups is 2. The molecule has 3 fully saturated rings. The van der Waals surface area contributed by atoms with Crippen LogP contribution in [0.4, 0.5) is 0 Å². The third kappa shape index (κ3) is 3.20. The summed E-state index contributed by atoms with van der Waals surface area (Å²) in [5.74, 6) is -0.183. The lowest BCUT2D eigenvalue weighted by atomic mass is 9.46. The topological polar surface area (TPSA) is 114 Å². The summed E-state index contributed by atoms with van der Waals surface area (Å²) >= 11 is 1.18. The Morgan fingerprint density at radius 2 is 2.14 bits per heavy atom. The fraction of sp³-hybridized carbons (Fsp3) is 0.571. The van der Waals surface area contributed by atoms with Crippen LogP contribution in [0.15, 0.2) is 51.8 Å². The second-order valence-electron chi connectivity index (χ2n) is 11.6. The van der Waals surface area contributed by atoms with E-state index in [0.717, 1.165) is 24.8 Å². The van der Waals surface area contributed by atoms with Gasteiger partial charge in [0.1, 0.15) is 5.60 Å². The summed E-state index contributed by atoms with van der Waals surface area (Å²) in [5, 5.41) is 24.1. The molecule has 36 heavy (non-hydrogen) atoms. The molecule has 0 aliphatic heterocycles. The maximum Gasteiger partial charge on any atom is 0.258 e. The fourth-order valence-corrected chi connectivity index (χ4v) is 9.08. The van der Waals surface area contributed by atoms with Crippen LogP contribution in [-0.2, 0) is 9.59 Å². The smallest absolute Gasteiger partial charge is 0.258 e. The van der Waals surface area contributed by atoms with Gasteiger partial charge in [0.25, 0.3) is 5.22 Å². The van der Waals surface area contributed by atoms with Crippen molar-refractivity contribution in [2.45, 2.75) is 63.4 Å². The van der Waals surface area contributed by atoms with Crippen LogP contribution in [0.25, 0.3) is 11.2 Å². The molecule has 190 valence electrons. The van der Waals surface area contributed by atoms with Crippen molar-refractivity contribution in [2.75, 3.05) is 5.75 Å². The van der Waals surface area contributed by atoms with Crippen molar-refractivity contribution in [3.8, 4) is 0 Å². The van der Waals surface area contributed by atoms with Gasteiger partial charge in [0.05, 0.1) is 11.9 Å². The lowest BCUT2D eigenvalue weighted by Crippen LogP contribution is -2.62. The Morgan fingerprint density at radius 3 is 2.92 bits per heavy atom. The van der Waals surface area contributed by atoms with E-state index >= 15 is 0 Å². The van der Waals surface area contributed by atoms with Gasteiger partial charge in [-0.2, -0.15) is 4.98 Å². The van der Waals surface area contributed by atoms with Gasteiger partial charge >= 0.3 is 0 Å². The number of hydrogen-bond acceptors (Lipinski definition) is 8. The average molecular weight is 509 g/mol. The van der Waals surface area contributed by atoms with Gasteiger partial charge in [-0.3, -0.25) is 9.59 Å². The van der Waals surface area contributed by atoms with Crippen molar-refractivity contribution in [1.29, 1.82) is 0 Å². The Kier molecular flexibility index (Phi) is 5.42. The zero-order valence-electron chi connectivity index (χ0n) is 20.8. The van der Waals surface area contributed by atoms with Gasteiger partial charge in [-0.25, -0.2) is 4.98 Å². The highest BCUT2D eigenvalue weighted by Gasteiger charge is 2.70. The Labute approximate surface area is 214 Å². The Balaban J connectivity index is 1.28. The van der Waals surface area contributed by atoms with Gasteiger partial charge in [-0.15, -0.1) is 0 Å². The third-order valence-corrected chi connectivity index (χ3v) is 10.8. The number of Topliss-reactive ketones (excluding diaryl/α,β-unsaturated/α-hetero) is 1. The summed E-state index contributed by atoms with van der Waals surface area (Å²) in [4.78, 5) is 34.3. The normalized spacial score (nSPS) is 41.5. The maximum atomic E-state index is 13.7. The zero-order valence-corrected chi connectivity index (χ0v) is 21.6. The average Bonchev–Trinajstić information content (AvgIpc) is 3.35. The van der Waals surface area contributed by atoms with E-state index in [2.05, 4.69) is 16.9 Å². The van der Waals surface area contributed by atoms with E-state index in [4.69, 9.17) is 4.42 Å². The molecule has 0 spiro atoms. The Hall–Kier alpha value is -2.29. The largest absolute Gasteiger partial charge is 0.430 e. The number of rotatable bonds is 4. The molecule has 8 atom stereocenters. The maximum absolute atomic E-state index is 13.7. The fourth-order valence-electron chi connectivity index (χ4n) is 8.30. The summed E-state index contributed by atoms with van der Waals surface area (Å²) < 4.78 is 5.71. The quantitative estimate of drug-likeness (QED) is 0.593. The van der Waals surface area contributed by atoms with E-state index < -0.39 is 17.1 Å². The van der Waals surface area contributed by atoms with Crippen molar-refractivity contribution >= 4 is 34.6 Å². The van der Waals surface area contributed by atoms with Crippen molar-refractivity contribution < 1.29 is 24.2 Å². The van der Waals surface area contributed by atoms with Crippen LogP contribution in [-0.4, -0.2) is 49.2 Å². The Bertz CT molecular complexity index is 1290. The first kappa shape index (κ1) is 24.1. The van der Waals surface area contributed by atoms with Crippen LogP contribution in [0.3, 0.4) is 0 Å². The molecular formula is C28H32N2O5S. The minimum absolute atomic E-state index is 0.0118. The van der Waals surface area contributed by atoms with Gasteiger partial charge in [-0.05, 0) is 67.7 Å². The van der Waals surface area contributed by atoms with Crippen LogP contribution >= 0.6 is 11.8 Å². The predicted molar refractivity (Wildman–Crippen MR) is 135 cm³/mol. The molecule has 7 nitrogen and oxygen atoms in total. The highest BCUT2D eigenvalue weighted by Crippen LogP contribution is 2.68. The van der Waals surface area contributed by atoms with Gasteiger partial charge in [-0.1, -0.05) is 44.2 Å². The second kappa shape index (κ2) is 8.10. The number of aliphatic hydroxyl groups excluding tert-OH is 1. The van der Waals surface area contributed by atoms with E-state index in [-0.39, 0.29) is 46.4 Å². The summed E-state index contributed by atoms with van der Waals surface area (Å²) in [7, 11) is 0. The van der Waals surface area contributed by atoms with Crippen LogP contribution in [0, 0.1) is 34.5 Å². The molecule has 2 N–H and O–H groups in total. The highest BCUT2D eigenvalue weighted by atomic mass is 32.2. The van der Waals surface area contributed by atoms with Crippen molar-refractivity contribution in [1.82, 2.24) is 9.97 Å². The summed E-state index contributed by atoms with van der Waals surface area (Å²) in [6, 6.07) is 3.55. The van der Waals surface area contributed by atoms with E-state index in [1.165, 1.54) is 11.8 Å². The van der Waals surface area contributed by atoms with Crippen LogP contribution in [0.5, 0.6) is 0 Å². The number of nitrogens with zero attached hydrogens (tertiary/aromatic N) is 2. The minimum atomic E-state index is -1.55. The first-order valence-corrected chi connectivity index (χ1v) is 13.8. The standard InChI is InChI=1S/C28H32N2O5S/c1-15-11-19-18-7-6-16-12-17(31)8-9-26(16,2)23(18)20(32)13-27(19,3)28(15,34)22(33)14-36-25-30-24-21(35-25)5-4-10-29-24/h4-5,8-10,12,15,18-20,23,32,34H,6-7,11,13-14H2,1-3H3/t15-,18?,19?,20?,23?,26?,27?,28+/m1/s1.